The molecule has 0 spiro atoms. The lowest BCUT2D eigenvalue weighted by Crippen LogP contribution is -2.16. The monoisotopic (exact) mass is 251 g/mol. The van der Waals surface area contributed by atoms with Gasteiger partial charge in [-0.05, 0) is 32.6 Å². The molecule has 1 N–H and O–H groups in total. The van der Waals surface area contributed by atoms with E-state index in [4.69, 9.17) is 0 Å². The maximum Gasteiger partial charge on any atom is 0.0604 e. The Morgan fingerprint density at radius 2 is 1.67 bits per heavy atom. The van der Waals surface area contributed by atoms with E-state index in [-0.39, 0.29) is 0 Å². The van der Waals surface area contributed by atoms with Crippen molar-refractivity contribution in [3.05, 3.63) is 12.2 Å². The molecule has 1 aliphatic carbocycles. The predicted molar refractivity (Wildman–Crippen MR) is 78.3 cm³/mol. The first-order chi connectivity index (χ1) is 8.74. The minimum absolute atomic E-state index is 0.423. The normalized spacial score (nSPS) is 26.3. The molecule has 0 aliphatic heterocycles. The van der Waals surface area contributed by atoms with Gasteiger partial charge in [-0.3, -0.25) is 0 Å². The van der Waals surface area contributed by atoms with Gasteiger partial charge >= 0.3 is 0 Å². The molecule has 0 bridgehead atoms. The van der Waals surface area contributed by atoms with Crippen LogP contribution < -0.4 is 0 Å². The third kappa shape index (κ3) is 6.23. The topological polar surface area (TPSA) is 32.6 Å². The number of hydrogen-bond donors (Lipinski definition) is 1. The highest BCUT2D eigenvalue weighted by Gasteiger charge is 2.17. The Hall–Kier alpha value is -0.790. The van der Waals surface area contributed by atoms with Crippen LogP contribution in [0.15, 0.2) is 17.3 Å². The quantitative estimate of drug-likeness (QED) is 0.402. The van der Waals surface area contributed by atoms with E-state index in [1.165, 1.54) is 56.9 Å². The van der Waals surface area contributed by atoms with Crippen molar-refractivity contribution in [1.29, 1.82) is 0 Å². The minimum atomic E-state index is 0.423. The van der Waals surface area contributed by atoms with Crippen LogP contribution in [0.2, 0.25) is 0 Å². The maximum atomic E-state index is 9.24. The van der Waals surface area contributed by atoms with Crippen molar-refractivity contribution >= 4 is 5.71 Å². The smallest absolute Gasteiger partial charge is 0.0604 e. The zero-order valence-corrected chi connectivity index (χ0v) is 12.0. The van der Waals surface area contributed by atoms with Crippen LogP contribution in [0.4, 0.5) is 0 Å². The lowest BCUT2D eigenvalue weighted by molar-refractivity contribution is 0.311. The molecular formula is C16H29NO. The minimum Gasteiger partial charge on any atom is -0.411 e. The van der Waals surface area contributed by atoms with Crippen molar-refractivity contribution in [2.75, 3.05) is 0 Å². The Labute approximate surface area is 112 Å². The predicted octanol–water partition coefficient (Wildman–Crippen LogP) is 5.31. The van der Waals surface area contributed by atoms with Crippen molar-refractivity contribution in [2.24, 2.45) is 11.1 Å². The molecule has 104 valence electrons. The first kappa shape index (κ1) is 15.3. The Morgan fingerprint density at radius 3 is 2.22 bits per heavy atom. The molecule has 1 fully saturated rings. The summed E-state index contributed by atoms with van der Waals surface area (Å²) >= 11 is 0. The highest BCUT2D eigenvalue weighted by atomic mass is 16.4. The van der Waals surface area contributed by atoms with Crippen LogP contribution in [0.5, 0.6) is 0 Å². The number of hydrogen-bond acceptors (Lipinski definition) is 2. The fourth-order valence-electron chi connectivity index (χ4n) is 2.90. The lowest BCUT2D eigenvalue weighted by Gasteiger charge is -2.19. The molecule has 0 aromatic carbocycles. The molecule has 0 aromatic heterocycles. The average molecular weight is 251 g/mol. The van der Waals surface area contributed by atoms with Gasteiger partial charge in [-0.15, -0.1) is 6.58 Å². The van der Waals surface area contributed by atoms with Gasteiger partial charge in [-0.25, -0.2) is 0 Å². The van der Waals surface area contributed by atoms with Gasteiger partial charge in [0.25, 0.3) is 0 Å². The summed E-state index contributed by atoms with van der Waals surface area (Å²) < 4.78 is 0. The Bertz CT molecular complexity index is 270. The number of oxime groups is 1. The van der Waals surface area contributed by atoms with Crippen LogP contribution in [0.3, 0.4) is 0 Å². The zero-order chi connectivity index (χ0) is 13.2. The van der Waals surface area contributed by atoms with Gasteiger partial charge in [0.15, 0.2) is 0 Å². The molecule has 0 amide bonds. The molecule has 1 rings (SSSR count). The molecule has 0 aromatic rings. The summed E-state index contributed by atoms with van der Waals surface area (Å²) in [6, 6.07) is 0. The van der Waals surface area contributed by atoms with Crippen LogP contribution in [0.1, 0.15) is 77.6 Å². The summed E-state index contributed by atoms with van der Waals surface area (Å²) in [6.45, 7) is 6.09. The third-order valence-electron chi connectivity index (χ3n) is 3.93. The van der Waals surface area contributed by atoms with Crippen LogP contribution in [0.25, 0.3) is 0 Å². The molecule has 1 saturated carbocycles. The van der Waals surface area contributed by atoms with Gasteiger partial charge in [0.2, 0.25) is 0 Å². The van der Waals surface area contributed by atoms with Gasteiger partial charge in [-0.2, -0.15) is 0 Å². The Morgan fingerprint density at radius 1 is 1.11 bits per heavy atom. The molecule has 2 heteroatoms. The van der Waals surface area contributed by atoms with Gasteiger partial charge in [-0.1, -0.05) is 55.7 Å². The molecule has 18 heavy (non-hydrogen) atoms. The second kappa shape index (κ2) is 9.18. The summed E-state index contributed by atoms with van der Waals surface area (Å²) in [4.78, 5) is 0. The van der Waals surface area contributed by atoms with Crippen molar-refractivity contribution in [2.45, 2.75) is 77.6 Å². The molecule has 1 aliphatic rings. The highest BCUT2D eigenvalue weighted by Crippen LogP contribution is 2.24. The first-order valence-electron chi connectivity index (χ1n) is 7.59. The Balaban J connectivity index is 2.57. The van der Waals surface area contributed by atoms with Crippen molar-refractivity contribution in [1.82, 2.24) is 0 Å². The van der Waals surface area contributed by atoms with E-state index >= 15 is 0 Å². The SMILES string of the molecule is C=C(C)CC1CCCCCCCCCCC1=NO. The largest absolute Gasteiger partial charge is 0.411 e. The van der Waals surface area contributed by atoms with Crippen molar-refractivity contribution < 1.29 is 5.21 Å². The standard InChI is InChI=1S/C16H29NO/c1-14(2)13-15-11-9-7-5-3-4-6-8-10-12-16(15)17-18/h15,18H,1,3-13H2,2H3. The summed E-state index contributed by atoms with van der Waals surface area (Å²) in [5, 5.41) is 12.8. The molecule has 0 radical (unpaired) electrons. The molecule has 1 atom stereocenters. The molecular weight excluding hydrogens is 222 g/mol. The second-order valence-electron chi connectivity index (χ2n) is 5.82. The summed E-state index contributed by atoms with van der Waals surface area (Å²) in [5.74, 6) is 0.423. The maximum absolute atomic E-state index is 9.24. The number of allylic oxidation sites excluding steroid dienone is 1. The van der Waals surface area contributed by atoms with Crippen LogP contribution in [-0.4, -0.2) is 10.9 Å². The summed E-state index contributed by atoms with van der Waals surface area (Å²) in [6.07, 6.45) is 13.6. The van der Waals surface area contributed by atoms with E-state index in [0.29, 0.717) is 5.92 Å². The van der Waals surface area contributed by atoms with E-state index in [1.807, 2.05) is 0 Å². The highest BCUT2D eigenvalue weighted by molar-refractivity contribution is 5.86. The second-order valence-corrected chi connectivity index (χ2v) is 5.82. The third-order valence-corrected chi connectivity index (χ3v) is 3.93. The summed E-state index contributed by atoms with van der Waals surface area (Å²) in [7, 11) is 0. The Kier molecular flexibility index (Phi) is 7.79. The number of nitrogens with zero attached hydrogens (tertiary/aromatic N) is 1. The van der Waals surface area contributed by atoms with Crippen LogP contribution in [0, 0.1) is 5.92 Å². The molecule has 0 saturated heterocycles. The van der Waals surface area contributed by atoms with E-state index in [0.717, 1.165) is 25.0 Å². The molecule has 0 heterocycles. The van der Waals surface area contributed by atoms with Crippen molar-refractivity contribution in [3.8, 4) is 0 Å². The van der Waals surface area contributed by atoms with Crippen LogP contribution >= 0.6 is 0 Å². The van der Waals surface area contributed by atoms with Crippen molar-refractivity contribution in [3.63, 3.8) is 0 Å². The van der Waals surface area contributed by atoms with Gasteiger partial charge < -0.3 is 5.21 Å². The number of rotatable bonds is 2. The van der Waals surface area contributed by atoms with E-state index in [2.05, 4.69) is 18.7 Å². The fraction of sp³-hybridized carbons (Fsp3) is 0.812. The molecule has 1 unspecified atom stereocenters. The molecule has 2 nitrogen and oxygen atoms in total. The lowest BCUT2D eigenvalue weighted by atomic mass is 9.87. The first-order valence-corrected chi connectivity index (χ1v) is 7.59. The van der Waals surface area contributed by atoms with E-state index in [9.17, 15) is 5.21 Å². The van der Waals surface area contributed by atoms with Gasteiger partial charge in [0.05, 0.1) is 5.71 Å². The zero-order valence-electron chi connectivity index (χ0n) is 12.0. The average Bonchev–Trinajstić information content (AvgIpc) is 2.32. The van der Waals surface area contributed by atoms with Gasteiger partial charge in [0, 0.05) is 5.92 Å². The van der Waals surface area contributed by atoms with E-state index < -0.39 is 0 Å². The fourth-order valence-corrected chi connectivity index (χ4v) is 2.90. The van der Waals surface area contributed by atoms with E-state index in [1.54, 1.807) is 0 Å². The summed E-state index contributed by atoms with van der Waals surface area (Å²) in [5.41, 5.74) is 2.21. The van der Waals surface area contributed by atoms with Gasteiger partial charge in [0.1, 0.15) is 0 Å². The van der Waals surface area contributed by atoms with Crippen LogP contribution in [-0.2, 0) is 0 Å².